The summed E-state index contributed by atoms with van der Waals surface area (Å²) in [7, 11) is 0. The van der Waals surface area contributed by atoms with Crippen LogP contribution in [0.5, 0.6) is 0 Å². The second-order valence-corrected chi connectivity index (χ2v) is 7.81. The normalized spacial score (nSPS) is 27.0. The number of aliphatic hydroxyl groups is 1. The number of rotatable bonds is 7. The minimum atomic E-state index is -0.0372. The van der Waals surface area contributed by atoms with Crippen LogP contribution < -0.4 is 5.32 Å². The SMILES string of the molecule is CCCNC(CO)(CN1CCCC(C)(C)CC1)C1CC1. The van der Waals surface area contributed by atoms with Crippen LogP contribution in [0.4, 0.5) is 0 Å². The minimum absolute atomic E-state index is 0.0372. The van der Waals surface area contributed by atoms with Gasteiger partial charge in [0.25, 0.3) is 0 Å². The van der Waals surface area contributed by atoms with Crippen molar-refractivity contribution in [2.45, 2.75) is 64.8 Å². The van der Waals surface area contributed by atoms with E-state index in [9.17, 15) is 5.11 Å². The summed E-state index contributed by atoms with van der Waals surface area (Å²) < 4.78 is 0. The van der Waals surface area contributed by atoms with Crippen LogP contribution in [0.2, 0.25) is 0 Å². The van der Waals surface area contributed by atoms with E-state index in [0.717, 1.165) is 19.5 Å². The molecule has 20 heavy (non-hydrogen) atoms. The third-order valence-electron chi connectivity index (χ3n) is 5.31. The average molecular weight is 282 g/mol. The molecule has 2 aliphatic rings. The van der Waals surface area contributed by atoms with Gasteiger partial charge in [-0.25, -0.2) is 0 Å². The molecule has 1 saturated heterocycles. The largest absolute Gasteiger partial charge is 0.394 e. The van der Waals surface area contributed by atoms with Gasteiger partial charge in [0.1, 0.15) is 0 Å². The maximum Gasteiger partial charge on any atom is 0.0628 e. The molecule has 2 fully saturated rings. The first kappa shape index (κ1) is 16.3. The standard InChI is InChI=1S/C17H34N2O/c1-4-10-18-17(14-20,15-6-7-15)13-19-11-5-8-16(2,3)9-12-19/h15,18,20H,4-14H2,1-3H3. The van der Waals surface area contributed by atoms with E-state index < -0.39 is 0 Å². The maximum absolute atomic E-state index is 10.0. The van der Waals surface area contributed by atoms with Gasteiger partial charge in [0.15, 0.2) is 0 Å². The molecule has 3 heteroatoms. The maximum atomic E-state index is 10.0. The molecule has 2 rings (SSSR count). The van der Waals surface area contributed by atoms with E-state index in [1.165, 1.54) is 45.2 Å². The number of nitrogens with one attached hydrogen (secondary N) is 1. The van der Waals surface area contributed by atoms with Crippen molar-refractivity contribution in [1.82, 2.24) is 10.2 Å². The molecule has 0 radical (unpaired) electrons. The fourth-order valence-corrected chi connectivity index (χ4v) is 3.61. The number of likely N-dealkylation sites (tertiary alicyclic amines) is 1. The number of aliphatic hydroxyl groups excluding tert-OH is 1. The predicted molar refractivity (Wildman–Crippen MR) is 84.9 cm³/mol. The summed E-state index contributed by atoms with van der Waals surface area (Å²) >= 11 is 0. The smallest absolute Gasteiger partial charge is 0.0628 e. The molecule has 1 aliphatic heterocycles. The molecule has 0 aromatic rings. The lowest BCUT2D eigenvalue weighted by atomic mass is 9.85. The molecule has 1 saturated carbocycles. The number of hydrogen-bond donors (Lipinski definition) is 2. The molecular formula is C17H34N2O. The average Bonchev–Trinajstić information content (AvgIpc) is 3.24. The Bertz CT molecular complexity index is 301. The highest BCUT2D eigenvalue weighted by Gasteiger charge is 2.45. The van der Waals surface area contributed by atoms with Crippen LogP contribution in [0, 0.1) is 11.3 Å². The van der Waals surface area contributed by atoms with Crippen molar-refractivity contribution in [1.29, 1.82) is 0 Å². The van der Waals surface area contributed by atoms with Gasteiger partial charge < -0.3 is 15.3 Å². The monoisotopic (exact) mass is 282 g/mol. The molecule has 0 amide bonds. The zero-order valence-corrected chi connectivity index (χ0v) is 13.7. The Morgan fingerprint density at radius 3 is 2.60 bits per heavy atom. The van der Waals surface area contributed by atoms with E-state index in [2.05, 4.69) is 31.0 Å². The zero-order chi connectivity index (χ0) is 14.6. The Hall–Kier alpha value is -0.120. The Balaban J connectivity index is 1.96. The molecule has 1 atom stereocenters. The van der Waals surface area contributed by atoms with Crippen LogP contribution in [-0.2, 0) is 0 Å². The Labute approximate surface area is 125 Å². The van der Waals surface area contributed by atoms with E-state index in [-0.39, 0.29) is 12.1 Å². The van der Waals surface area contributed by atoms with Gasteiger partial charge in [-0.05, 0) is 69.5 Å². The fourth-order valence-electron chi connectivity index (χ4n) is 3.61. The second kappa shape index (κ2) is 6.76. The van der Waals surface area contributed by atoms with Gasteiger partial charge in [-0.15, -0.1) is 0 Å². The first-order valence-electron chi connectivity index (χ1n) is 8.59. The topological polar surface area (TPSA) is 35.5 Å². The lowest BCUT2D eigenvalue weighted by Crippen LogP contribution is -2.58. The predicted octanol–water partition coefficient (Wildman–Crippen LogP) is 2.64. The molecule has 1 aliphatic carbocycles. The van der Waals surface area contributed by atoms with E-state index in [4.69, 9.17) is 0 Å². The van der Waals surface area contributed by atoms with E-state index >= 15 is 0 Å². The van der Waals surface area contributed by atoms with Gasteiger partial charge in [-0.3, -0.25) is 0 Å². The summed E-state index contributed by atoms with van der Waals surface area (Å²) in [4.78, 5) is 2.60. The molecule has 0 aromatic carbocycles. The highest BCUT2D eigenvalue weighted by atomic mass is 16.3. The first-order chi connectivity index (χ1) is 9.51. The van der Waals surface area contributed by atoms with Crippen LogP contribution in [0.15, 0.2) is 0 Å². The molecule has 3 nitrogen and oxygen atoms in total. The molecule has 1 heterocycles. The third-order valence-corrected chi connectivity index (χ3v) is 5.31. The Morgan fingerprint density at radius 1 is 1.25 bits per heavy atom. The van der Waals surface area contributed by atoms with Gasteiger partial charge in [0.05, 0.1) is 12.1 Å². The molecule has 0 spiro atoms. The number of nitrogens with zero attached hydrogens (tertiary/aromatic N) is 1. The van der Waals surface area contributed by atoms with E-state index in [1.807, 2.05) is 0 Å². The first-order valence-corrected chi connectivity index (χ1v) is 8.59. The molecule has 118 valence electrons. The van der Waals surface area contributed by atoms with Gasteiger partial charge >= 0.3 is 0 Å². The molecule has 1 unspecified atom stereocenters. The lowest BCUT2D eigenvalue weighted by Gasteiger charge is -2.38. The van der Waals surface area contributed by atoms with Crippen molar-refractivity contribution in [3.8, 4) is 0 Å². The van der Waals surface area contributed by atoms with Crippen LogP contribution in [-0.4, -0.2) is 48.3 Å². The van der Waals surface area contributed by atoms with Crippen molar-refractivity contribution in [2.24, 2.45) is 11.3 Å². The summed E-state index contributed by atoms with van der Waals surface area (Å²) in [5.74, 6) is 0.690. The highest BCUT2D eigenvalue weighted by Crippen LogP contribution is 2.40. The van der Waals surface area contributed by atoms with Gasteiger partial charge in [0.2, 0.25) is 0 Å². The summed E-state index contributed by atoms with van der Waals surface area (Å²) in [6.45, 7) is 11.7. The van der Waals surface area contributed by atoms with Crippen molar-refractivity contribution in [2.75, 3.05) is 32.8 Å². The van der Waals surface area contributed by atoms with E-state index in [0.29, 0.717) is 11.3 Å². The van der Waals surface area contributed by atoms with Gasteiger partial charge in [-0.1, -0.05) is 20.8 Å². The Morgan fingerprint density at radius 2 is 2.00 bits per heavy atom. The van der Waals surface area contributed by atoms with Gasteiger partial charge in [0, 0.05) is 6.54 Å². The zero-order valence-electron chi connectivity index (χ0n) is 13.7. The Kier molecular flexibility index (Phi) is 5.49. The summed E-state index contributed by atoms with van der Waals surface area (Å²) in [6.07, 6.45) is 7.63. The molecule has 0 aromatic heterocycles. The number of hydrogen-bond acceptors (Lipinski definition) is 3. The van der Waals surface area contributed by atoms with Crippen molar-refractivity contribution in [3.05, 3.63) is 0 Å². The third kappa shape index (κ3) is 4.19. The molecule has 0 bridgehead atoms. The molecular weight excluding hydrogens is 248 g/mol. The highest BCUT2D eigenvalue weighted by molar-refractivity contribution is 5.03. The van der Waals surface area contributed by atoms with Crippen molar-refractivity contribution in [3.63, 3.8) is 0 Å². The summed E-state index contributed by atoms with van der Waals surface area (Å²) in [5, 5.41) is 13.7. The van der Waals surface area contributed by atoms with Crippen LogP contribution >= 0.6 is 0 Å². The quantitative estimate of drug-likeness (QED) is 0.753. The van der Waals surface area contributed by atoms with Crippen LogP contribution in [0.25, 0.3) is 0 Å². The minimum Gasteiger partial charge on any atom is -0.394 e. The molecule has 2 N–H and O–H groups in total. The van der Waals surface area contributed by atoms with Crippen molar-refractivity contribution < 1.29 is 5.11 Å². The lowest BCUT2D eigenvalue weighted by molar-refractivity contribution is 0.0906. The summed E-state index contributed by atoms with van der Waals surface area (Å²) in [6, 6.07) is 0. The van der Waals surface area contributed by atoms with Crippen LogP contribution in [0.3, 0.4) is 0 Å². The van der Waals surface area contributed by atoms with Crippen LogP contribution in [0.1, 0.15) is 59.3 Å². The van der Waals surface area contributed by atoms with Crippen molar-refractivity contribution >= 4 is 0 Å². The van der Waals surface area contributed by atoms with E-state index in [1.54, 1.807) is 0 Å². The fraction of sp³-hybridized carbons (Fsp3) is 1.00. The second-order valence-electron chi connectivity index (χ2n) is 7.81. The summed E-state index contributed by atoms with van der Waals surface area (Å²) in [5.41, 5.74) is 0.456. The van der Waals surface area contributed by atoms with Gasteiger partial charge in [-0.2, -0.15) is 0 Å².